The third-order valence-electron chi connectivity index (χ3n) is 6.28. The second-order valence-corrected chi connectivity index (χ2v) is 9.74. The van der Waals surface area contributed by atoms with Crippen LogP contribution in [-0.4, -0.2) is 28.7 Å². The molecule has 7 nitrogen and oxygen atoms in total. The number of aryl methyl sites for hydroxylation is 3. The van der Waals surface area contributed by atoms with Gasteiger partial charge in [-0.1, -0.05) is 26.0 Å². The number of pyridine rings is 1. The van der Waals surface area contributed by atoms with Crippen molar-refractivity contribution in [3.8, 4) is 16.9 Å². The first kappa shape index (κ1) is 30.3. The first-order chi connectivity index (χ1) is 17.9. The lowest BCUT2D eigenvalue weighted by Crippen LogP contribution is -2.33. The van der Waals surface area contributed by atoms with E-state index in [1.54, 1.807) is 44.5 Å². The Balaban J connectivity index is 0.000000293. The number of hydrogen-bond acceptors (Lipinski definition) is 4. The molecule has 1 atom stereocenters. The number of halogens is 1. The van der Waals surface area contributed by atoms with Crippen molar-refractivity contribution in [1.29, 1.82) is 0 Å². The number of aliphatic carboxylic acids is 1. The highest BCUT2D eigenvalue weighted by Gasteiger charge is 2.19. The van der Waals surface area contributed by atoms with Crippen molar-refractivity contribution in [3.63, 3.8) is 0 Å². The average molecular weight is 525 g/mol. The number of benzene rings is 2. The van der Waals surface area contributed by atoms with Crippen LogP contribution in [0.4, 0.5) is 4.39 Å². The Morgan fingerprint density at radius 3 is 2.32 bits per heavy atom. The summed E-state index contributed by atoms with van der Waals surface area (Å²) in [5, 5.41) is 8.84. The van der Waals surface area contributed by atoms with Gasteiger partial charge in [0.2, 0.25) is 5.91 Å². The van der Waals surface area contributed by atoms with Crippen LogP contribution in [-0.2, 0) is 16.0 Å². The van der Waals surface area contributed by atoms with Crippen molar-refractivity contribution in [2.24, 2.45) is 11.7 Å². The molecule has 0 aliphatic rings. The van der Waals surface area contributed by atoms with Gasteiger partial charge in [0.25, 0.3) is 5.56 Å². The molecule has 0 saturated heterocycles. The van der Waals surface area contributed by atoms with Crippen LogP contribution in [0.5, 0.6) is 5.75 Å². The number of carboxylic acids is 1. The molecule has 3 N–H and O–H groups in total. The Bertz CT molecular complexity index is 1350. The predicted octanol–water partition coefficient (Wildman–Crippen LogP) is 5.36. The number of nitrogens with zero attached hydrogens (tertiary/aromatic N) is 1. The Morgan fingerprint density at radius 1 is 1.08 bits per heavy atom. The normalized spacial score (nSPS) is 11.5. The van der Waals surface area contributed by atoms with Gasteiger partial charge in [0, 0.05) is 18.7 Å². The number of ether oxygens (including phenoxy) is 1. The predicted molar refractivity (Wildman–Crippen MR) is 147 cm³/mol. The summed E-state index contributed by atoms with van der Waals surface area (Å²) >= 11 is 0. The van der Waals surface area contributed by atoms with Gasteiger partial charge in [0.15, 0.2) is 0 Å². The Morgan fingerprint density at radius 2 is 1.76 bits per heavy atom. The van der Waals surface area contributed by atoms with Crippen LogP contribution in [0.25, 0.3) is 11.1 Å². The summed E-state index contributed by atoms with van der Waals surface area (Å²) in [5.41, 5.74) is 9.99. The number of carbonyl (C=O) groups is 2. The third-order valence-corrected chi connectivity index (χ3v) is 6.28. The van der Waals surface area contributed by atoms with Gasteiger partial charge in [-0.05, 0) is 97.2 Å². The fraction of sp³-hybridized carbons (Fsp3) is 0.367. The zero-order chi connectivity index (χ0) is 28.6. The number of carbonyl (C=O) groups excluding carboxylic acids is 1. The maximum Gasteiger partial charge on any atom is 0.303 e. The van der Waals surface area contributed by atoms with Gasteiger partial charge in [0.1, 0.15) is 17.6 Å². The zero-order valence-electron chi connectivity index (χ0n) is 22.9. The summed E-state index contributed by atoms with van der Waals surface area (Å²) in [6, 6.07) is 11.7. The van der Waals surface area contributed by atoms with Crippen molar-refractivity contribution in [2.45, 2.75) is 59.9 Å². The summed E-state index contributed by atoms with van der Waals surface area (Å²) in [7, 11) is 1.62. The molecule has 1 amide bonds. The molecule has 0 spiro atoms. The maximum absolute atomic E-state index is 14.3. The molecular weight excluding hydrogens is 487 g/mol. The fourth-order valence-corrected chi connectivity index (χ4v) is 4.41. The molecule has 1 unspecified atom stereocenters. The van der Waals surface area contributed by atoms with Gasteiger partial charge in [-0.15, -0.1) is 0 Å². The molecular formula is C30H37FN2O5. The second-order valence-electron chi connectivity index (χ2n) is 9.74. The molecule has 2 aromatic carbocycles. The Labute approximate surface area is 223 Å². The molecule has 3 aromatic rings. The minimum Gasteiger partial charge on any atom is -0.496 e. The van der Waals surface area contributed by atoms with Crippen LogP contribution in [0.1, 0.15) is 55.0 Å². The largest absolute Gasteiger partial charge is 0.496 e. The van der Waals surface area contributed by atoms with Crippen LogP contribution in [0, 0.1) is 32.5 Å². The van der Waals surface area contributed by atoms with E-state index in [4.69, 9.17) is 15.6 Å². The molecule has 0 saturated carbocycles. The van der Waals surface area contributed by atoms with Crippen LogP contribution in [0.2, 0.25) is 0 Å². The minimum absolute atomic E-state index is 0.0874. The van der Waals surface area contributed by atoms with Crippen molar-refractivity contribution in [2.75, 3.05) is 7.11 Å². The molecule has 0 radical (unpaired) electrons. The molecule has 1 aromatic heterocycles. The first-order valence-electron chi connectivity index (χ1n) is 12.5. The molecule has 0 aliphatic heterocycles. The van der Waals surface area contributed by atoms with Crippen molar-refractivity contribution >= 4 is 11.9 Å². The van der Waals surface area contributed by atoms with E-state index in [2.05, 4.69) is 0 Å². The smallest absolute Gasteiger partial charge is 0.303 e. The van der Waals surface area contributed by atoms with Crippen molar-refractivity contribution in [1.82, 2.24) is 4.57 Å². The fourth-order valence-electron chi connectivity index (χ4n) is 4.41. The van der Waals surface area contributed by atoms with Crippen molar-refractivity contribution < 1.29 is 23.8 Å². The Hall–Kier alpha value is -3.94. The lowest BCUT2D eigenvalue weighted by Gasteiger charge is -2.17. The second kappa shape index (κ2) is 13.6. The highest BCUT2D eigenvalue weighted by molar-refractivity contribution is 5.78. The molecule has 0 aliphatic carbocycles. The Kier molecular flexibility index (Phi) is 10.8. The van der Waals surface area contributed by atoms with E-state index in [1.807, 2.05) is 39.8 Å². The minimum atomic E-state index is -0.929. The van der Waals surface area contributed by atoms with Gasteiger partial charge in [-0.2, -0.15) is 0 Å². The van der Waals surface area contributed by atoms with Gasteiger partial charge in [0.05, 0.1) is 7.11 Å². The van der Waals surface area contributed by atoms with E-state index >= 15 is 0 Å². The first-order valence-corrected chi connectivity index (χ1v) is 12.5. The van der Waals surface area contributed by atoms with Crippen LogP contribution < -0.4 is 16.0 Å². The number of hydrogen-bond donors (Lipinski definition) is 2. The highest BCUT2D eigenvalue weighted by Crippen LogP contribution is 2.35. The van der Waals surface area contributed by atoms with E-state index in [-0.39, 0.29) is 24.2 Å². The molecule has 1 heterocycles. The topological polar surface area (TPSA) is 112 Å². The average Bonchev–Trinajstić information content (AvgIpc) is 2.84. The summed E-state index contributed by atoms with van der Waals surface area (Å²) in [6.45, 7) is 9.65. The molecule has 3 rings (SSSR count). The number of aromatic nitrogens is 1. The standard InChI is InChI=1S/C19H21FO3.C11H16N2O2/c1-11-5-7-16(23-4)13(3)18(11)15-9-12(2)19(20)14(10-15)6-8-17(21)22;1-8(2)7-9(11(12)15)13-6-4-3-5-10(13)14/h5,7,9-10H,6,8H2,1-4H3,(H,21,22);3-6,8-9H,7H2,1-2H3,(H2,12,15). The van der Waals surface area contributed by atoms with Crippen LogP contribution in [0.3, 0.4) is 0 Å². The molecule has 38 heavy (non-hydrogen) atoms. The molecule has 204 valence electrons. The monoisotopic (exact) mass is 524 g/mol. The number of amides is 1. The number of rotatable bonds is 9. The number of primary amides is 1. The number of nitrogens with two attached hydrogens (primary N) is 1. The summed E-state index contributed by atoms with van der Waals surface area (Å²) in [5.74, 6) is -0.624. The van der Waals surface area contributed by atoms with Crippen LogP contribution in [0.15, 0.2) is 53.5 Å². The number of methoxy groups -OCH3 is 1. The van der Waals surface area contributed by atoms with Gasteiger partial charge in [-0.3, -0.25) is 14.4 Å². The van der Waals surface area contributed by atoms with E-state index in [0.717, 1.165) is 28.0 Å². The summed E-state index contributed by atoms with van der Waals surface area (Å²) < 4.78 is 21.0. The number of carboxylic acid groups (broad SMARTS) is 1. The van der Waals surface area contributed by atoms with E-state index in [9.17, 15) is 18.8 Å². The van der Waals surface area contributed by atoms with Crippen molar-refractivity contribution in [3.05, 3.63) is 87.1 Å². The summed E-state index contributed by atoms with van der Waals surface area (Å²) in [4.78, 5) is 33.5. The summed E-state index contributed by atoms with van der Waals surface area (Å²) in [6.07, 6.45) is 2.27. The van der Waals surface area contributed by atoms with Gasteiger partial charge < -0.3 is 20.1 Å². The maximum atomic E-state index is 14.3. The van der Waals surface area contributed by atoms with Crippen LogP contribution >= 0.6 is 0 Å². The lowest BCUT2D eigenvalue weighted by molar-refractivity contribution is -0.137. The zero-order valence-corrected chi connectivity index (χ0v) is 22.9. The molecule has 0 bridgehead atoms. The van der Waals surface area contributed by atoms with E-state index in [1.165, 1.54) is 10.6 Å². The molecule has 0 fully saturated rings. The van der Waals surface area contributed by atoms with E-state index < -0.39 is 17.9 Å². The van der Waals surface area contributed by atoms with E-state index in [0.29, 0.717) is 23.5 Å². The van der Waals surface area contributed by atoms with Gasteiger partial charge in [-0.25, -0.2) is 4.39 Å². The quantitative estimate of drug-likeness (QED) is 0.391. The lowest BCUT2D eigenvalue weighted by atomic mass is 9.91. The third kappa shape index (κ3) is 7.78. The SMILES string of the molecule is CC(C)CC(C(N)=O)n1ccccc1=O.COc1ccc(C)c(-c2cc(C)c(F)c(CCC(=O)O)c2)c1C. The highest BCUT2D eigenvalue weighted by atomic mass is 19.1. The molecule has 8 heteroatoms. The van der Waals surface area contributed by atoms with Gasteiger partial charge >= 0.3 is 5.97 Å².